The molecule has 0 radical (unpaired) electrons. The molecular formula is C11H12N2O2. The summed E-state index contributed by atoms with van der Waals surface area (Å²) in [6.07, 6.45) is 0. The number of anilines is 2. The highest BCUT2D eigenvalue weighted by Crippen LogP contribution is 2.36. The Bertz CT molecular complexity index is 545. The Morgan fingerprint density at radius 2 is 1.60 bits per heavy atom. The van der Waals surface area contributed by atoms with Crippen LogP contribution in [-0.4, -0.2) is 10.2 Å². The van der Waals surface area contributed by atoms with Crippen LogP contribution in [-0.2, 0) is 0 Å². The molecule has 6 N–H and O–H groups in total. The molecule has 2 rings (SSSR count). The van der Waals surface area contributed by atoms with E-state index < -0.39 is 0 Å². The van der Waals surface area contributed by atoms with Crippen molar-refractivity contribution in [1.29, 1.82) is 0 Å². The van der Waals surface area contributed by atoms with Gasteiger partial charge >= 0.3 is 0 Å². The molecule has 0 heterocycles. The molecule has 4 heteroatoms. The van der Waals surface area contributed by atoms with E-state index in [4.69, 9.17) is 11.5 Å². The van der Waals surface area contributed by atoms with E-state index in [1.165, 1.54) is 6.07 Å². The fourth-order valence-electron chi connectivity index (χ4n) is 1.65. The third-order valence-corrected chi connectivity index (χ3v) is 2.54. The van der Waals surface area contributed by atoms with Gasteiger partial charge in [-0.05, 0) is 35.9 Å². The monoisotopic (exact) mass is 204 g/mol. The molecule has 2 aromatic carbocycles. The maximum atomic E-state index is 9.63. The second-order valence-corrected chi connectivity index (χ2v) is 3.57. The van der Waals surface area contributed by atoms with E-state index >= 15 is 0 Å². The van der Waals surface area contributed by atoms with Crippen molar-refractivity contribution in [2.24, 2.45) is 0 Å². The van der Waals surface area contributed by atoms with Gasteiger partial charge in [0, 0.05) is 5.56 Å². The lowest BCUT2D eigenvalue weighted by Gasteiger charge is -2.09. The van der Waals surface area contributed by atoms with Gasteiger partial charge in [-0.15, -0.1) is 0 Å². The van der Waals surface area contributed by atoms with Gasteiger partial charge in [-0.2, -0.15) is 0 Å². The number of nitrogens with two attached hydrogens (primary N) is 2. The summed E-state index contributed by atoms with van der Waals surface area (Å²) in [6.45, 7) is 1.74. The summed E-state index contributed by atoms with van der Waals surface area (Å²) in [7, 11) is 0. The van der Waals surface area contributed by atoms with Gasteiger partial charge in [0.2, 0.25) is 0 Å². The van der Waals surface area contributed by atoms with Crippen molar-refractivity contribution < 1.29 is 10.2 Å². The first-order chi connectivity index (χ1) is 7.00. The fourth-order valence-corrected chi connectivity index (χ4v) is 1.65. The van der Waals surface area contributed by atoms with Crippen LogP contribution >= 0.6 is 0 Å². The zero-order valence-electron chi connectivity index (χ0n) is 8.28. The van der Waals surface area contributed by atoms with Crippen molar-refractivity contribution in [3.63, 3.8) is 0 Å². The molecule has 0 saturated carbocycles. The third kappa shape index (κ3) is 1.30. The minimum atomic E-state index is 0.00905. The summed E-state index contributed by atoms with van der Waals surface area (Å²) in [4.78, 5) is 0. The minimum absolute atomic E-state index is 0.00905. The van der Waals surface area contributed by atoms with Crippen molar-refractivity contribution in [3.8, 4) is 11.5 Å². The number of aryl methyl sites for hydroxylation is 1. The van der Waals surface area contributed by atoms with Gasteiger partial charge in [0.1, 0.15) is 11.5 Å². The first kappa shape index (κ1) is 9.45. The number of benzene rings is 2. The zero-order valence-corrected chi connectivity index (χ0v) is 8.28. The molecule has 2 aromatic rings. The summed E-state index contributed by atoms with van der Waals surface area (Å²) >= 11 is 0. The Labute approximate surface area is 86.7 Å². The molecule has 4 nitrogen and oxygen atoms in total. The number of phenolic OH excluding ortho intramolecular Hbond substituents is 2. The van der Waals surface area contributed by atoms with Gasteiger partial charge < -0.3 is 21.7 Å². The number of hydrogen-bond acceptors (Lipinski definition) is 4. The van der Waals surface area contributed by atoms with Gasteiger partial charge in [-0.1, -0.05) is 0 Å². The predicted octanol–water partition coefficient (Wildman–Crippen LogP) is 1.72. The molecule has 0 aliphatic rings. The predicted molar refractivity (Wildman–Crippen MR) is 60.8 cm³/mol. The quantitative estimate of drug-likeness (QED) is 0.388. The van der Waals surface area contributed by atoms with Crippen LogP contribution in [0.2, 0.25) is 0 Å². The fraction of sp³-hybridized carbons (Fsp3) is 0.0909. The van der Waals surface area contributed by atoms with Crippen LogP contribution in [0.1, 0.15) is 5.56 Å². The normalized spacial score (nSPS) is 10.7. The Hall–Kier alpha value is -2.10. The lowest BCUT2D eigenvalue weighted by molar-refractivity contribution is 0.474. The van der Waals surface area contributed by atoms with Crippen LogP contribution in [0.4, 0.5) is 11.4 Å². The SMILES string of the molecule is Cc1c(O)c(N)cc2cc(N)c(O)cc12. The van der Waals surface area contributed by atoms with Gasteiger partial charge in [0.05, 0.1) is 11.4 Å². The largest absolute Gasteiger partial charge is 0.506 e. The smallest absolute Gasteiger partial charge is 0.142 e. The first-order valence-corrected chi connectivity index (χ1v) is 4.51. The molecule has 0 fully saturated rings. The first-order valence-electron chi connectivity index (χ1n) is 4.51. The van der Waals surface area contributed by atoms with Gasteiger partial charge in [-0.3, -0.25) is 0 Å². The van der Waals surface area contributed by atoms with Crippen LogP contribution in [0.3, 0.4) is 0 Å². The molecule has 0 amide bonds. The van der Waals surface area contributed by atoms with Crippen LogP contribution in [0.5, 0.6) is 11.5 Å². The highest BCUT2D eigenvalue weighted by molar-refractivity contribution is 5.95. The zero-order chi connectivity index (χ0) is 11.2. The Kier molecular flexibility index (Phi) is 1.86. The number of fused-ring (bicyclic) bond motifs is 1. The average Bonchev–Trinajstić information content (AvgIpc) is 2.19. The van der Waals surface area contributed by atoms with Crippen molar-refractivity contribution in [3.05, 3.63) is 23.8 Å². The highest BCUT2D eigenvalue weighted by Gasteiger charge is 2.09. The Morgan fingerprint density at radius 1 is 1.00 bits per heavy atom. The number of hydrogen-bond donors (Lipinski definition) is 4. The molecule has 78 valence electrons. The maximum absolute atomic E-state index is 9.63. The van der Waals surface area contributed by atoms with Crippen LogP contribution in [0.25, 0.3) is 10.8 Å². The molecule has 0 bridgehead atoms. The molecule has 0 spiro atoms. The lowest BCUT2D eigenvalue weighted by Crippen LogP contribution is -1.91. The van der Waals surface area contributed by atoms with Crippen LogP contribution in [0, 0.1) is 6.92 Å². The van der Waals surface area contributed by atoms with Crippen molar-refractivity contribution in [2.75, 3.05) is 11.5 Å². The van der Waals surface area contributed by atoms with E-state index in [1.54, 1.807) is 19.1 Å². The van der Waals surface area contributed by atoms with E-state index in [-0.39, 0.29) is 11.5 Å². The summed E-state index contributed by atoms with van der Waals surface area (Å²) in [5.41, 5.74) is 12.4. The molecule has 0 aliphatic carbocycles. The maximum Gasteiger partial charge on any atom is 0.142 e. The molecule has 0 aliphatic heterocycles. The van der Waals surface area contributed by atoms with Crippen molar-refractivity contribution in [2.45, 2.75) is 6.92 Å². The third-order valence-electron chi connectivity index (χ3n) is 2.54. The molecule has 0 saturated heterocycles. The van der Waals surface area contributed by atoms with Gasteiger partial charge in [0.25, 0.3) is 0 Å². The molecule has 15 heavy (non-hydrogen) atoms. The van der Waals surface area contributed by atoms with Gasteiger partial charge in [-0.25, -0.2) is 0 Å². The Balaban J connectivity index is 2.93. The van der Waals surface area contributed by atoms with E-state index in [2.05, 4.69) is 0 Å². The molecular weight excluding hydrogens is 192 g/mol. The van der Waals surface area contributed by atoms with E-state index in [9.17, 15) is 10.2 Å². The second kappa shape index (κ2) is 2.95. The van der Waals surface area contributed by atoms with Gasteiger partial charge in [0.15, 0.2) is 0 Å². The number of nitrogen functional groups attached to an aromatic ring is 2. The standard InChI is InChI=1S/C11H12N2O2/c1-5-7-4-10(14)8(12)2-6(7)3-9(13)11(5)15/h2-4,14-15H,12-13H2,1H3. The van der Waals surface area contributed by atoms with Crippen LogP contribution < -0.4 is 11.5 Å². The molecule has 0 atom stereocenters. The summed E-state index contributed by atoms with van der Waals surface area (Å²) in [6, 6.07) is 4.79. The van der Waals surface area contributed by atoms with Crippen molar-refractivity contribution >= 4 is 22.1 Å². The van der Waals surface area contributed by atoms with E-state index in [1.807, 2.05) is 0 Å². The summed E-state index contributed by atoms with van der Waals surface area (Å²) < 4.78 is 0. The number of aromatic hydroxyl groups is 2. The number of phenols is 2. The highest BCUT2D eigenvalue weighted by atomic mass is 16.3. The second-order valence-electron chi connectivity index (χ2n) is 3.57. The minimum Gasteiger partial charge on any atom is -0.506 e. The topological polar surface area (TPSA) is 92.5 Å². The Morgan fingerprint density at radius 3 is 2.27 bits per heavy atom. The van der Waals surface area contributed by atoms with E-state index in [0.717, 1.165) is 10.8 Å². The number of rotatable bonds is 0. The molecule has 0 unspecified atom stereocenters. The summed E-state index contributed by atoms with van der Waals surface area (Å²) in [5.74, 6) is 0.0569. The lowest BCUT2D eigenvalue weighted by atomic mass is 10.0. The summed E-state index contributed by atoms with van der Waals surface area (Å²) in [5, 5.41) is 20.6. The molecule has 0 aromatic heterocycles. The van der Waals surface area contributed by atoms with Crippen molar-refractivity contribution in [1.82, 2.24) is 0 Å². The average molecular weight is 204 g/mol. The van der Waals surface area contributed by atoms with Crippen LogP contribution in [0.15, 0.2) is 18.2 Å². The van der Waals surface area contributed by atoms with E-state index in [0.29, 0.717) is 16.9 Å².